The summed E-state index contributed by atoms with van der Waals surface area (Å²) >= 11 is 0.965. The van der Waals surface area contributed by atoms with Gasteiger partial charge in [0.1, 0.15) is 10.6 Å². The number of aromatic nitrogens is 2. The zero-order valence-corrected chi connectivity index (χ0v) is 18.3. The van der Waals surface area contributed by atoms with Gasteiger partial charge in [0.25, 0.3) is 5.91 Å². The highest BCUT2D eigenvalue weighted by atomic mass is 32.1. The summed E-state index contributed by atoms with van der Waals surface area (Å²) in [5.41, 5.74) is -1.79. The number of halogens is 6. The fourth-order valence-corrected chi connectivity index (χ4v) is 4.28. The van der Waals surface area contributed by atoms with Gasteiger partial charge in [-0.3, -0.25) is 9.20 Å². The maximum atomic E-state index is 13.1. The molecule has 2 aromatic heterocycles. The van der Waals surface area contributed by atoms with Crippen LogP contribution in [0.15, 0.2) is 48.7 Å². The summed E-state index contributed by atoms with van der Waals surface area (Å²) in [5.74, 6) is -0.172. The van der Waals surface area contributed by atoms with Crippen LogP contribution >= 0.6 is 11.3 Å². The molecule has 1 N–H and O–H groups in total. The van der Waals surface area contributed by atoms with Crippen LogP contribution in [0.5, 0.6) is 5.75 Å². The predicted octanol–water partition coefficient (Wildman–Crippen LogP) is 6.67. The number of anilines is 1. The summed E-state index contributed by atoms with van der Waals surface area (Å²) in [7, 11) is 1.54. The average Bonchev–Trinajstić information content (AvgIpc) is 3.32. The molecule has 34 heavy (non-hydrogen) atoms. The van der Waals surface area contributed by atoms with Crippen molar-refractivity contribution >= 4 is 27.9 Å². The van der Waals surface area contributed by atoms with Crippen molar-refractivity contribution in [1.29, 1.82) is 0 Å². The molecule has 4 aromatic rings. The summed E-state index contributed by atoms with van der Waals surface area (Å²) in [4.78, 5) is 17.7. The molecule has 178 valence electrons. The molecule has 1 amide bonds. The fraction of sp³-hybridized carbons (Fsp3) is 0.182. The van der Waals surface area contributed by atoms with E-state index in [1.54, 1.807) is 48.9 Å². The van der Waals surface area contributed by atoms with Gasteiger partial charge in [0.2, 0.25) is 0 Å². The van der Waals surface area contributed by atoms with E-state index < -0.39 is 35.1 Å². The summed E-state index contributed by atoms with van der Waals surface area (Å²) in [6.45, 7) is 1.60. The van der Waals surface area contributed by atoms with E-state index in [9.17, 15) is 31.1 Å². The van der Waals surface area contributed by atoms with Crippen LogP contribution in [0.25, 0.3) is 16.2 Å². The number of alkyl halides is 6. The Kier molecular flexibility index (Phi) is 5.80. The molecule has 0 unspecified atom stereocenters. The van der Waals surface area contributed by atoms with Crippen LogP contribution in [0.2, 0.25) is 0 Å². The number of carbonyl (C=O) groups excluding carboxylic acids is 1. The number of benzene rings is 2. The standard InChI is InChI=1S/C22H15F6N3O2S/c1-11-18(34-20-30-17(10-31(11)20)12-3-5-16(33-2)6-4-12)19(32)29-15-8-13(21(23,24)25)7-14(9-15)22(26,27)28/h3-10H,1-2H3,(H,29,32). The van der Waals surface area contributed by atoms with Crippen molar-refractivity contribution in [2.45, 2.75) is 19.3 Å². The number of carbonyl (C=O) groups is 1. The molecule has 0 aliphatic carbocycles. The highest BCUT2D eigenvalue weighted by molar-refractivity contribution is 7.19. The lowest BCUT2D eigenvalue weighted by atomic mass is 10.1. The third-order valence-electron chi connectivity index (χ3n) is 4.99. The zero-order chi connectivity index (χ0) is 24.8. The third-order valence-corrected chi connectivity index (χ3v) is 6.15. The summed E-state index contributed by atoms with van der Waals surface area (Å²) in [5, 5.41) is 2.15. The number of ether oxygens (including phenoxy) is 1. The van der Waals surface area contributed by atoms with Gasteiger partial charge >= 0.3 is 12.4 Å². The van der Waals surface area contributed by atoms with Crippen LogP contribution in [0.4, 0.5) is 32.0 Å². The number of imidazole rings is 1. The van der Waals surface area contributed by atoms with Crippen LogP contribution in [0.3, 0.4) is 0 Å². The minimum atomic E-state index is -5.02. The Morgan fingerprint density at radius 2 is 1.59 bits per heavy atom. The van der Waals surface area contributed by atoms with E-state index in [-0.39, 0.29) is 10.9 Å². The van der Waals surface area contributed by atoms with Crippen molar-refractivity contribution in [3.8, 4) is 17.0 Å². The second-order valence-electron chi connectivity index (χ2n) is 7.27. The number of amides is 1. The number of rotatable bonds is 4. The van der Waals surface area contributed by atoms with E-state index in [0.29, 0.717) is 34.2 Å². The second kappa shape index (κ2) is 8.35. The van der Waals surface area contributed by atoms with Crippen LogP contribution in [-0.2, 0) is 12.4 Å². The molecule has 0 aliphatic heterocycles. The topological polar surface area (TPSA) is 55.6 Å². The average molecular weight is 499 g/mol. The number of hydrogen-bond acceptors (Lipinski definition) is 4. The normalized spacial score (nSPS) is 12.2. The summed E-state index contributed by atoms with van der Waals surface area (Å²) < 4.78 is 85.2. The SMILES string of the molecule is COc1ccc(-c2cn3c(C)c(C(=O)Nc4cc(C(F)(F)F)cc(C(F)(F)F)c4)sc3n2)cc1. The highest BCUT2D eigenvalue weighted by Crippen LogP contribution is 2.38. The van der Waals surface area contributed by atoms with Crippen molar-refractivity contribution in [2.75, 3.05) is 12.4 Å². The first-order chi connectivity index (χ1) is 15.9. The molecule has 2 heterocycles. The lowest BCUT2D eigenvalue weighted by Crippen LogP contribution is -2.16. The Morgan fingerprint density at radius 3 is 2.09 bits per heavy atom. The van der Waals surface area contributed by atoms with Crippen LogP contribution in [0.1, 0.15) is 26.5 Å². The Hall–Kier alpha value is -3.54. The molecule has 0 atom stereocenters. The smallest absolute Gasteiger partial charge is 0.416 e. The molecule has 5 nitrogen and oxygen atoms in total. The Bertz CT molecular complexity index is 1340. The molecule has 4 rings (SSSR count). The van der Waals surface area contributed by atoms with Gasteiger partial charge in [0, 0.05) is 23.1 Å². The predicted molar refractivity (Wildman–Crippen MR) is 114 cm³/mol. The Morgan fingerprint density at radius 1 is 1.00 bits per heavy atom. The van der Waals surface area contributed by atoms with Crippen LogP contribution in [0, 0.1) is 6.92 Å². The molecule has 12 heteroatoms. The van der Waals surface area contributed by atoms with Crippen molar-refractivity contribution in [3.63, 3.8) is 0 Å². The summed E-state index contributed by atoms with van der Waals surface area (Å²) in [6, 6.07) is 8.06. The molecule has 2 aromatic carbocycles. The van der Waals surface area contributed by atoms with E-state index in [2.05, 4.69) is 10.3 Å². The van der Waals surface area contributed by atoms with Crippen molar-refractivity contribution in [2.24, 2.45) is 0 Å². The van der Waals surface area contributed by atoms with Crippen LogP contribution in [-0.4, -0.2) is 22.4 Å². The van der Waals surface area contributed by atoms with Gasteiger partial charge in [-0.15, -0.1) is 0 Å². The van der Waals surface area contributed by atoms with Gasteiger partial charge in [-0.25, -0.2) is 4.98 Å². The minimum Gasteiger partial charge on any atom is -0.497 e. The van der Waals surface area contributed by atoms with E-state index in [1.807, 2.05) is 0 Å². The zero-order valence-electron chi connectivity index (χ0n) is 17.5. The molecule has 0 spiro atoms. The number of aryl methyl sites for hydroxylation is 1. The van der Waals surface area contributed by atoms with Gasteiger partial charge in [0.05, 0.1) is 23.9 Å². The lowest BCUT2D eigenvalue weighted by Gasteiger charge is -2.14. The van der Waals surface area contributed by atoms with Crippen LogP contribution < -0.4 is 10.1 Å². The Balaban J connectivity index is 1.64. The highest BCUT2D eigenvalue weighted by Gasteiger charge is 2.37. The van der Waals surface area contributed by atoms with Gasteiger partial charge in [-0.05, 0) is 49.4 Å². The molecule has 0 bridgehead atoms. The lowest BCUT2D eigenvalue weighted by molar-refractivity contribution is -0.143. The quantitative estimate of drug-likeness (QED) is 0.319. The molecule has 0 saturated carbocycles. The molecule has 0 fully saturated rings. The number of fused-ring (bicyclic) bond motifs is 1. The molecule has 0 radical (unpaired) electrons. The Labute approximate surface area is 192 Å². The largest absolute Gasteiger partial charge is 0.497 e. The molecule has 0 saturated heterocycles. The first kappa shape index (κ1) is 23.6. The third kappa shape index (κ3) is 4.58. The van der Waals surface area contributed by atoms with Gasteiger partial charge < -0.3 is 10.1 Å². The monoisotopic (exact) mass is 499 g/mol. The number of thiazole rings is 1. The maximum Gasteiger partial charge on any atom is 0.416 e. The number of hydrogen-bond donors (Lipinski definition) is 1. The first-order valence-electron chi connectivity index (χ1n) is 9.60. The molecular weight excluding hydrogens is 484 g/mol. The van der Waals surface area contributed by atoms with E-state index in [4.69, 9.17) is 4.74 Å². The van der Waals surface area contributed by atoms with Gasteiger partial charge in [-0.1, -0.05) is 11.3 Å². The maximum absolute atomic E-state index is 13.1. The van der Waals surface area contributed by atoms with E-state index in [0.717, 1.165) is 16.9 Å². The number of nitrogens with zero attached hydrogens (tertiary/aromatic N) is 2. The molecular formula is C22H15F6N3O2S. The fourth-order valence-electron chi connectivity index (χ4n) is 3.28. The summed E-state index contributed by atoms with van der Waals surface area (Å²) in [6.07, 6.45) is -8.35. The number of nitrogens with one attached hydrogen (secondary N) is 1. The van der Waals surface area contributed by atoms with E-state index >= 15 is 0 Å². The van der Waals surface area contributed by atoms with Crippen molar-refractivity contribution in [3.05, 3.63) is 70.4 Å². The molecule has 0 aliphatic rings. The first-order valence-corrected chi connectivity index (χ1v) is 10.4. The van der Waals surface area contributed by atoms with Crippen molar-refractivity contribution in [1.82, 2.24) is 9.38 Å². The number of methoxy groups -OCH3 is 1. The minimum absolute atomic E-state index is 0.000807. The van der Waals surface area contributed by atoms with Crippen molar-refractivity contribution < 1.29 is 35.9 Å². The van der Waals surface area contributed by atoms with Gasteiger partial charge in [0.15, 0.2) is 4.96 Å². The van der Waals surface area contributed by atoms with E-state index in [1.165, 1.54) is 0 Å². The second-order valence-corrected chi connectivity index (χ2v) is 8.25. The van der Waals surface area contributed by atoms with Gasteiger partial charge in [-0.2, -0.15) is 26.3 Å².